The van der Waals surface area contributed by atoms with Crippen LogP contribution in [0.3, 0.4) is 0 Å². The SMILES string of the molecule is CCNC(=NCc1ccc(C)cc1OC(C)CC)NCc1ccnn1C. The Morgan fingerprint density at radius 1 is 1.27 bits per heavy atom. The molecule has 0 aliphatic carbocycles. The fraction of sp³-hybridized carbons (Fsp3) is 0.500. The summed E-state index contributed by atoms with van der Waals surface area (Å²) in [6.07, 6.45) is 2.97. The normalized spacial score (nSPS) is 12.7. The van der Waals surface area contributed by atoms with Crippen LogP contribution in [-0.2, 0) is 20.1 Å². The van der Waals surface area contributed by atoms with Gasteiger partial charge >= 0.3 is 0 Å². The summed E-state index contributed by atoms with van der Waals surface area (Å²) in [6, 6.07) is 8.28. The lowest BCUT2D eigenvalue weighted by Gasteiger charge is -2.17. The van der Waals surface area contributed by atoms with E-state index >= 15 is 0 Å². The largest absolute Gasteiger partial charge is 0.490 e. The minimum atomic E-state index is 0.190. The third kappa shape index (κ3) is 5.79. The van der Waals surface area contributed by atoms with Crippen LogP contribution < -0.4 is 15.4 Å². The van der Waals surface area contributed by atoms with Crippen LogP contribution in [0.2, 0.25) is 0 Å². The lowest BCUT2D eigenvalue weighted by atomic mass is 10.1. The average Bonchev–Trinajstić information content (AvgIpc) is 3.03. The summed E-state index contributed by atoms with van der Waals surface area (Å²) in [6.45, 7) is 10.4. The van der Waals surface area contributed by atoms with Gasteiger partial charge in [-0.3, -0.25) is 4.68 Å². The molecule has 1 atom stereocenters. The van der Waals surface area contributed by atoms with Crippen LogP contribution in [-0.4, -0.2) is 28.4 Å². The van der Waals surface area contributed by atoms with Crippen LogP contribution >= 0.6 is 0 Å². The molecule has 6 heteroatoms. The quantitative estimate of drug-likeness (QED) is 0.563. The number of rotatable bonds is 8. The number of benzene rings is 1. The van der Waals surface area contributed by atoms with Gasteiger partial charge in [-0.25, -0.2) is 4.99 Å². The number of hydrogen-bond donors (Lipinski definition) is 2. The van der Waals surface area contributed by atoms with E-state index in [4.69, 9.17) is 9.73 Å². The maximum absolute atomic E-state index is 6.08. The number of nitrogens with one attached hydrogen (secondary N) is 2. The van der Waals surface area contributed by atoms with E-state index in [1.807, 2.05) is 17.8 Å². The maximum Gasteiger partial charge on any atom is 0.191 e. The number of hydrogen-bond acceptors (Lipinski definition) is 3. The Labute approximate surface area is 156 Å². The van der Waals surface area contributed by atoms with E-state index in [0.29, 0.717) is 13.1 Å². The molecule has 142 valence electrons. The van der Waals surface area contributed by atoms with Crippen molar-refractivity contribution in [3.8, 4) is 5.75 Å². The second-order valence-corrected chi connectivity index (χ2v) is 6.44. The highest BCUT2D eigenvalue weighted by molar-refractivity contribution is 5.79. The molecule has 1 aromatic carbocycles. The first kappa shape index (κ1) is 19.8. The van der Waals surface area contributed by atoms with Gasteiger partial charge in [0.1, 0.15) is 5.75 Å². The Kier molecular flexibility index (Phi) is 7.51. The second-order valence-electron chi connectivity index (χ2n) is 6.44. The van der Waals surface area contributed by atoms with Crippen molar-refractivity contribution in [2.45, 2.75) is 53.3 Å². The third-order valence-corrected chi connectivity index (χ3v) is 4.24. The summed E-state index contributed by atoms with van der Waals surface area (Å²) in [7, 11) is 1.94. The zero-order chi connectivity index (χ0) is 18.9. The molecule has 26 heavy (non-hydrogen) atoms. The molecule has 2 aromatic rings. The first-order chi connectivity index (χ1) is 12.5. The molecule has 0 spiro atoms. The number of nitrogens with zero attached hydrogens (tertiary/aromatic N) is 3. The predicted molar refractivity (Wildman–Crippen MR) is 106 cm³/mol. The van der Waals surface area contributed by atoms with E-state index in [-0.39, 0.29) is 6.10 Å². The number of ether oxygens (including phenoxy) is 1. The van der Waals surface area contributed by atoms with Gasteiger partial charge in [0.15, 0.2) is 5.96 Å². The molecule has 2 N–H and O–H groups in total. The molecule has 0 radical (unpaired) electrons. The molecule has 0 aliphatic rings. The van der Waals surface area contributed by atoms with Crippen LogP contribution in [0.5, 0.6) is 5.75 Å². The third-order valence-electron chi connectivity index (χ3n) is 4.24. The van der Waals surface area contributed by atoms with Crippen LogP contribution in [0.15, 0.2) is 35.5 Å². The summed E-state index contributed by atoms with van der Waals surface area (Å²) in [5.41, 5.74) is 3.39. The van der Waals surface area contributed by atoms with Gasteiger partial charge in [-0.05, 0) is 44.9 Å². The van der Waals surface area contributed by atoms with Gasteiger partial charge in [-0.1, -0.05) is 19.1 Å². The molecular formula is C20H31N5O. The van der Waals surface area contributed by atoms with Crippen molar-refractivity contribution in [2.24, 2.45) is 12.0 Å². The van der Waals surface area contributed by atoms with Gasteiger partial charge in [0.25, 0.3) is 0 Å². The molecule has 0 saturated heterocycles. The van der Waals surface area contributed by atoms with Crippen LogP contribution in [0.1, 0.15) is 44.0 Å². The van der Waals surface area contributed by atoms with E-state index in [1.165, 1.54) is 5.56 Å². The van der Waals surface area contributed by atoms with Crippen LogP contribution in [0.25, 0.3) is 0 Å². The van der Waals surface area contributed by atoms with Gasteiger partial charge in [-0.15, -0.1) is 0 Å². The van der Waals surface area contributed by atoms with Gasteiger partial charge in [0.2, 0.25) is 0 Å². The summed E-state index contributed by atoms with van der Waals surface area (Å²) >= 11 is 0. The zero-order valence-electron chi connectivity index (χ0n) is 16.5. The highest BCUT2D eigenvalue weighted by atomic mass is 16.5. The Hall–Kier alpha value is -2.50. The smallest absolute Gasteiger partial charge is 0.191 e. The van der Waals surface area contributed by atoms with Crippen molar-refractivity contribution in [3.05, 3.63) is 47.3 Å². The fourth-order valence-corrected chi connectivity index (χ4v) is 2.46. The number of aryl methyl sites for hydroxylation is 2. The number of aliphatic imine (C=N–C) groups is 1. The number of aromatic nitrogens is 2. The first-order valence-electron chi connectivity index (χ1n) is 9.28. The molecule has 0 bridgehead atoms. The Morgan fingerprint density at radius 3 is 2.73 bits per heavy atom. The van der Waals surface area contributed by atoms with E-state index in [1.54, 1.807) is 6.20 Å². The van der Waals surface area contributed by atoms with Gasteiger partial charge in [0.05, 0.1) is 24.9 Å². The van der Waals surface area contributed by atoms with Gasteiger partial charge < -0.3 is 15.4 Å². The molecule has 1 heterocycles. The van der Waals surface area contributed by atoms with Crippen molar-refractivity contribution in [3.63, 3.8) is 0 Å². The first-order valence-corrected chi connectivity index (χ1v) is 9.28. The van der Waals surface area contributed by atoms with Crippen molar-refractivity contribution in [1.82, 2.24) is 20.4 Å². The highest BCUT2D eigenvalue weighted by Gasteiger charge is 2.08. The lowest BCUT2D eigenvalue weighted by molar-refractivity contribution is 0.215. The minimum absolute atomic E-state index is 0.190. The molecule has 0 amide bonds. The van der Waals surface area contributed by atoms with E-state index in [9.17, 15) is 0 Å². The molecule has 1 aromatic heterocycles. The summed E-state index contributed by atoms with van der Waals surface area (Å²) in [5.74, 6) is 1.70. The minimum Gasteiger partial charge on any atom is -0.490 e. The average molecular weight is 358 g/mol. The highest BCUT2D eigenvalue weighted by Crippen LogP contribution is 2.23. The van der Waals surface area contributed by atoms with Crippen molar-refractivity contribution in [2.75, 3.05) is 6.54 Å². The second kappa shape index (κ2) is 9.85. The number of guanidine groups is 1. The zero-order valence-corrected chi connectivity index (χ0v) is 16.5. The molecule has 0 aliphatic heterocycles. The lowest BCUT2D eigenvalue weighted by Crippen LogP contribution is -2.37. The molecule has 2 rings (SSSR count). The standard InChI is InChI=1S/C20H31N5O/c1-6-16(4)26-19-12-15(3)8-9-17(19)13-22-20(21-7-2)23-14-18-10-11-24-25(18)5/h8-12,16H,6-7,13-14H2,1-5H3,(H2,21,22,23). The van der Waals surface area contributed by atoms with Gasteiger partial charge in [-0.2, -0.15) is 5.10 Å². The van der Waals surface area contributed by atoms with Crippen molar-refractivity contribution in [1.29, 1.82) is 0 Å². The molecular weight excluding hydrogens is 326 g/mol. The molecule has 0 fully saturated rings. The van der Waals surface area contributed by atoms with E-state index in [2.05, 4.69) is 61.6 Å². The topological polar surface area (TPSA) is 63.5 Å². The Bertz CT molecular complexity index is 723. The summed E-state index contributed by atoms with van der Waals surface area (Å²) in [4.78, 5) is 4.72. The van der Waals surface area contributed by atoms with Gasteiger partial charge in [0, 0.05) is 25.4 Å². The molecule has 0 saturated carbocycles. The Balaban J connectivity index is 2.09. The summed E-state index contributed by atoms with van der Waals surface area (Å²) < 4.78 is 7.94. The van der Waals surface area contributed by atoms with Crippen LogP contribution in [0.4, 0.5) is 0 Å². The molecule has 1 unspecified atom stereocenters. The van der Waals surface area contributed by atoms with Crippen molar-refractivity contribution < 1.29 is 4.74 Å². The fourth-order valence-electron chi connectivity index (χ4n) is 2.46. The Morgan fingerprint density at radius 2 is 2.08 bits per heavy atom. The maximum atomic E-state index is 6.08. The monoisotopic (exact) mass is 357 g/mol. The van der Waals surface area contributed by atoms with Crippen LogP contribution in [0, 0.1) is 6.92 Å². The predicted octanol–water partition coefficient (Wildman–Crippen LogP) is 3.16. The molecule has 6 nitrogen and oxygen atoms in total. The van der Waals surface area contributed by atoms with Crippen molar-refractivity contribution >= 4 is 5.96 Å². The van der Waals surface area contributed by atoms with E-state index < -0.39 is 0 Å². The van der Waals surface area contributed by atoms with E-state index in [0.717, 1.165) is 35.9 Å². The summed E-state index contributed by atoms with van der Waals surface area (Å²) in [5, 5.41) is 10.8.